The van der Waals surface area contributed by atoms with Crippen LogP contribution in [0.25, 0.3) is 0 Å². The Hall–Kier alpha value is -0.0400. The summed E-state index contributed by atoms with van der Waals surface area (Å²) in [4.78, 5) is 2.69. The van der Waals surface area contributed by atoms with Crippen molar-refractivity contribution in [2.75, 3.05) is 7.05 Å². The molecule has 1 saturated heterocycles. The van der Waals surface area contributed by atoms with Crippen molar-refractivity contribution in [3.63, 3.8) is 0 Å². The van der Waals surface area contributed by atoms with Gasteiger partial charge in [-0.05, 0) is 44.6 Å². The average molecular weight is 181 g/mol. The van der Waals surface area contributed by atoms with Gasteiger partial charge in [0.15, 0.2) is 0 Å². The van der Waals surface area contributed by atoms with Crippen molar-refractivity contribution < 1.29 is 0 Å². The van der Waals surface area contributed by atoms with E-state index >= 15 is 0 Å². The third-order valence-corrected chi connectivity index (χ3v) is 4.27. The van der Waals surface area contributed by atoms with Crippen LogP contribution in [-0.4, -0.2) is 24.0 Å². The molecule has 1 heterocycles. The van der Waals surface area contributed by atoms with Crippen molar-refractivity contribution in [1.82, 2.24) is 4.90 Å². The van der Waals surface area contributed by atoms with Gasteiger partial charge in [0.25, 0.3) is 0 Å². The Balaban J connectivity index is 2.04. The van der Waals surface area contributed by atoms with Crippen molar-refractivity contribution in [3.05, 3.63) is 0 Å². The lowest BCUT2D eigenvalue weighted by Crippen LogP contribution is -2.48. The highest BCUT2D eigenvalue weighted by molar-refractivity contribution is 4.92. The van der Waals surface area contributed by atoms with Crippen molar-refractivity contribution >= 4 is 0 Å². The van der Waals surface area contributed by atoms with Gasteiger partial charge in [0.2, 0.25) is 0 Å². The number of likely N-dealkylation sites (tertiary alicyclic amines) is 1. The molecule has 0 bridgehead atoms. The lowest BCUT2D eigenvalue weighted by atomic mass is 9.84. The summed E-state index contributed by atoms with van der Waals surface area (Å²) in [6.45, 7) is 4.74. The quantitative estimate of drug-likeness (QED) is 0.601. The summed E-state index contributed by atoms with van der Waals surface area (Å²) in [5.74, 6) is 1.88. The van der Waals surface area contributed by atoms with Crippen LogP contribution in [0.3, 0.4) is 0 Å². The smallest absolute Gasteiger partial charge is 0.0123 e. The van der Waals surface area contributed by atoms with E-state index < -0.39 is 0 Å². The number of hydrogen-bond acceptors (Lipinski definition) is 1. The van der Waals surface area contributed by atoms with E-state index in [-0.39, 0.29) is 0 Å². The molecule has 2 fully saturated rings. The number of fused-ring (bicyclic) bond motifs is 1. The summed E-state index contributed by atoms with van der Waals surface area (Å²) in [7, 11) is 2.35. The van der Waals surface area contributed by atoms with Crippen LogP contribution in [0, 0.1) is 11.8 Å². The van der Waals surface area contributed by atoms with E-state index in [1.807, 2.05) is 0 Å². The summed E-state index contributed by atoms with van der Waals surface area (Å²) in [5, 5.41) is 0. The fourth-order valence-corrected chi connectivity index (χ4v) is 3.53. The summed E-state index contributed by atoms with van der Waals surface area (Å²) < 4.78 is 0. The Morgan fingerprint density at radius 1 is 1.08 bits per heavy atom. The van der Waals surface area contributed by atoms with Gasteiger partial charge in [-0.25, -0.2) is 0 Å². The lowest BCUT2D eigenvalue weighted by Gasteiger charge is -2.43. The largest absolute Gasteiger partial charge is 0.300 e. The van der Waals surface area contributed by atoms with Crippen molar-refractivity contribution in [3.8, 4) is 0 Å². The summed E-state index contributed by atoms with van der Waals surface area (Å²) in [6, 6.07) is 1.79. The van der Waals surface area contributed by atoms with E-state index in [2.05, 4.69) is 25.8 Å². The fourth-order valence-electron chi connectivity index (χ4n) is 3.53. The number of rotatable bonds is 1. The van der Waals surface area contributed by atoms with Gasteiger partial charge in [-0.3, -0.25) is 4.90 Å². The molecule has 3 atom stereocenters. The first kappa shape index (κ1) is 9.51. The summed E-state index contributed by atoms with van der Waals surface area (Å²) in [5.41, 5.74) is 0. The minimum Gasteiger partial charge on any atom is -0.300 e. The molecular formula is C12H23N. The molecule has 13 heavy (non-hydrogen) atoms. The highest BCUT2D eigenvalue weighted by Crippen LogP contribution is 2.39. The van der Waals surface area contributed by atoms with Crippen LogP contribution < -0.4 is 0 Å². The van der Waals surface area contributed by atoms with E-state index in [0.717, 1.165) is 23.9 Å². The van der Waals surface area contributed by atoms with Crippen molar-refractivity contribution in [2.45, 2.75) is 58.0 Å². The van der Waals surface area contributed by atoms with Gasteiger partial charge in [-0.15, -0.1) is 0 Å². The van der Waals surface area contributed by atoms with Gasteiger partial charge in [-0.2, -0.15) is 0 Å². The Bertz CT molecular complexity index is 174. The van der Waals surface area contributed by atoms with Crippen molar-refractivity contribution in [1.29, 1.82) is 0 Å². The molecule has 0 spiro atoms. The molecule has 1 aliphatic carbocycles. The summed E-state index contributed by atoms with van der Waals surface area (Å²) in [6.07, 6.45) is 7.38. The highest BCUT2D eigenvalue weighted by Gasteiger charge is 2.38. The maximum absolute atomic E-state index is 2.69. The van der Waals surface area contributed by atoms with Gasteiger partial charge < -0.3 is 0 Å². The first-order chi connectivity index (χ1) is 6.20. The normalized spacial score (nSPS) is 41.1. The van der Waals surface area contributed by atoms with Crippen LogP contribution in [0.1, 0.15) is 46.0 Å². The zero-order valence-corrected chi connectivity index (χ0v) is 9.29. The van der Waals surface area contributed by atoms with E-state index in [4.69, 9.17) is 0 Å². The minimum atomic E-state index is 0.839. The van der Waals surface area contributed by atoms with E-state index in [1.165, 1.54) is 32.1 Å². The molecule has 0 radical (unpaired) electrons. The van der Waals surface area contributed by atoms with Crippen LogP contribution >= 0.6 is 0 Å². The van der Waals surface area contributed by atoms with Gasteiger partial charge in [0.05, 0.1) is 0 Å². The zero-order valence-electron chi connectivity index (χ0n) is 9.29. The molecule has 1 aliphatic heterocycles. The Kier molecular flexibility index (Phi) is 2.64. The maximum atomic E-state index is 2.69. The molecule has 3 unspecified atom stereocenters. The molecule has 2 rings (SSSR count). The molecule has 76 valence electrons. The average Bonchev–Trinajstić information content (AvgIpc) is 2.52. The SMILES string of the molecule is CC(C)C1CCC2CCCC2N1C. The van der Waals surface area contributed by atoms with E-state index in [1.54, 1.807) is 0 Å². The van der Waals surface area contributed by atoms with Gasteiger partial charge in [0.1, 0.15) is 0 Å². The molecule has 0 amide bonds. The monoisotopic (exact) mass is 181 g/mol. The van der Waals surface area contributed by atoms with E-state index in [9.17, 15) is 0 Å². The highest BCUT2D eigenvalue weighted by atomic mass is 15.2. The Morgan fingerprint density at radius 3 is 2.54 bits per heavy atom. The van der Waals surface area contributed by atoms with Gasteiger partial charge in [-0.1, -0.05) is 20.3 Å². The van der Waals surface area contributed by atoms with Crippen LogP contribution in [0.4, 0.5) is 0 Å². The first-order valence-electron chi connectivity index (χ1n) is 5.92. The second-order valence-corrected chi connectivity index (χ2v) is 5.31. The number of piperidine rings is 1. The molecule has 1 nitrogen and oxygen atoms in total. The molecular weight excluding hydrogens is 158 g/mol. The third-order valence-electron chi connectivity index (χ3n) is 4.27. The zero-order chi connectivity index (χ0) is 9.42. The Morgan fingerprint density at radius 2 is 1.85 bits per heavy atom. The predicted molar refractivity (Wildman–Crippen MR) is 56.8 cm³/mol. The molecule has 0 aromatic rings. The predicted octanol–water partition coefficient (Wildman–Crippen LogP) is 2.91. The lowest BCUT2D eigenvalue weighted by molar-refractivity contribution is 0.0568. The Labute approximate surface area is 82.5 Å². The molecule has 1 saturated carbocycles. The standard InChI is InChI=1S/C12H23N/c1-9(2)11-8-7-10-5-4-6-12(10)13(11)3/h9-12H,4-8H2,1-3H3. The van der Waals surface area contributed by atoms with E-state index in [0.29, 0.717) is 0 Å². The maximum Gasteiger partial charge on any atom is 0.0123 e. The topological polar surface area (TPSA) is 3.24 Å². The van der Waals surface area contributed by atoms with Gasteiger partial charge in [0, 0.05) is 12.1 Å². The minimum absolute atomic E-state index is 0.839. The first-order valence-corrected chi connectivity index (χ1v) is 5.92. The fraction of sp³-hybridized carbons (Fsp3) is 1.00. The van der Waals surface area contributed by atoms with Crippen LogP contribution in [0.2, 0.25) is 0 Å². The summed E-state index contributed by atoms with van der Waals surface area (Å²) >= 11 is 0. The molecule has 0 N–H and O–H groups in total. The second kappa shape index (κ2) is 3.61. The molecule has 2 aliphatic rings. The van der Waals surface area contributed by atoms with Crippen molar-refractivity contribution in [2.24, 2.45) is 11.8 Å². The molecule has 1 heteroatoms. The second-order valence-electron chi connectivity index (χ2n) is 5.31. The molecule has 0 aromatic heterocycles. The number of hydrogen-bond donors (Lipinski definition) is 0. The van der Waals surface area contributed by atoms with Crippen LogP contribution in [0.15, 0.2) is 0 Å². The third kappa shape index (κ3) is 1.63. The van der Waals surface area contributed by atoms with Gasteiger partial charge >= 0.3 is 0 Å². The van der Waals surface area contributed by atoms with Crippen LogP contribution in [-0.2, 0) is 0 Å². The van der Waals surface area contributed by atoms with Crippen LogP contribution in [0.5, 0.6) is 0 Å². The molecule has 0 aromatic carbocycles. The number of nitrogens with zero attached hydrogens (tertiary/aromatic N) is 1.